The zero-order valence-corrected chi connectivity index (χ0v) is 14.5. The summed E-state index contributed by atoms with van der Waals surface area (Å²) >= 11 is 1.46. The minimum Gasteiger partial charge on any atom is -0.298 e. The molecule has 0 saturated carbocycles. The van der Waals surface area contributed by atoms with Crippen LogP contribution in [-0.4, -0.2) is 22.0 Å². The molecule has 3 rings (SSSR count). The van der Waals surface area contributed by atoms with E-state index in [0.29, 0.717) is 10.7 Å². The first-order valence-electron chi connectivity index (χ1n) is 7.29. The van der Waals surface area contributed by atoms with Crippen molar-refractivity contribution in [3.8, 4) is 10.4 Å². The molecular weight excluding hydrogens is 338 g/mol. The van der Waals surface area contributed by atoms with Gasteiger partial charge >= 0.3 is 6.15 Å². The van der Waals surface area contributed by atoms with Gasteiger partial charge in [0.25, 0.3) is 5.91 Å². The van der Waals surface area contributed by atoms with Gasteiger partial charge in [-0.3, -0.25) is 15.1 Å². The van der Waals surface area contributed by atoms with Crippen molar-refractivity contribution in [1.29, 1.82) is 0 Å². The molecule has 25 heavy (non-hydrogen) atoms. The van der Waals surface area contributed by atoms with E-state index in [1.807, 2.05) is 19.1 Å². The summed E-state index contributed by atoms with van der Waals surface area (Å²) in [6.07, 6.45) is 5.32. The van der Waals surface area contributed by atoms with Gasteiger partial charge in [-0.25, -0.2) is 4.98 Å². The van der Waals surface area contributed by atoms with Crippen LogP contribution in [0.3, 0.4) is 0 Å². The van der Waals surface area contributed by atoms with Crippen molar-refractivity contribution >= 4 is 28.5 Å². The van der Waals surface area contributed by atoms with E-state index in [1.165, 1.54) is 16.9 Å². The number of rotatable bonds is 3. The zero-order chi connectivity index (χ0) is 18.2. The SMILES string of the molecule is Cc1cccc(-c2cnc(NC(=O)c3ccncc3C)s2)c1.O=C=O. The summed E-state index contributed by atoms with van der Waals surface area (Å²) in [5.41, 5.74) is 3.76. The molecule has 0 fully saturated rings. The quantitative estimate of drug-likeness (QED) is 0.778. The average Bonchev–Trinajstić information content (AvgIpc) is 3.04. The lowest BCUT2D eigenvalue weighted by Gasteiger charge is -2.04. The van der Waals surface area contributed by atoms with Gasteiger partial charge in [0.15, 0.2) is 5.13 Å². The molecule has 0 radical (unpaired) electrons. The number of benzene rings is 1. The predicted octanol–water partition coefficient (Wildman–Crippen LogP) is 3.49. The number of aryl methyl sites for hydroxylation is 2. The van der Waals surface area contributed by atoms with E-state index in [0.717, 1.165) is 16.0 Å². The highest BCUT2D eigenvalue weighted by molar-refractivity contribution is 7.19. The summed E-state index contributed by atoms with van der Waals surface area (Å²) in [5.74, 6) is -0.162. The third-order valence-corrected chi connectivity index (χ3v) is 4.26. The Hall–Kier alpha value is -3.15. The van der Waals surface area contributed by atoms with Crippen LogP contribution in [0.25, 0.3) is 10.4 Å². The van der Waals surface area contributed by atoms with Crippen molar-refractivity contribution in [2.45, 2.75) is 13.8 Å². The minimum absolute atomic E-state index is 0.162. The van der Waals surface area contributed by atoms with E-state index in [2.05, 4.69) is 34.3 Å². The molecule has 3 aromatic rings. The first-order chi connectivity index (χ1) is 12.0. The summed E-state index contributed by atoms with van der Waals surface area (Å²) in [6, 6.07) is 9.92. The monoisotopic (exact) mass is 353 g/mol. The van der Waals surface area contributed by atoms with E-state index >= 15 is 0 Å². The minimum atomic E-state index is -0.162. The molecule has 7 heteroatoms. The number of aromatic nitrogens is 2. The maximum absolute atomic E-state index is 12.3. The van der Waals surface area contributed by atoms with Gasteiger partial charge in [0, 0.05) is 24.2 Å². The number of pyridine rings is 1. The lowest BCUT2D eigenvalue weighted by Crippen LogP contribution is -2.13. The number of nitrogens with zero attached hydrogens (tertiary/aromatic N) is 2. The number of nitrogens with one attached hydrogen (secondary N) is 1. The summed E-state index contributed by atoms with van der Waals surface area (Å²) in [4.78, 5) is 37.8. The van der Waals surface area contributed by atoms with Gasteiger partial charge in [-0.1, -0.05) is 41.2 Å². The normalized spacial score (nSPS) is 9.52. The van der Waals surface area contributed by atoms with Crippen molar-refractivity contribution in [3.63, 3.8) is 0 Å². The number of hydrogen-bond donors (Lipinski definition) is 1. The lowest BCUT2D eigenvalue weighted by atomic mass is 10.1. The molecule has 0 aliphatic heterocycles. The summed E-state index contributed by atoms with van der Waals surface area (Å²) < 4.78 is 0. The van der Waals surface area contributed by atoms with Gasteiger partial charge in [-0.05, 0) is 31.0 Å². The molecule has 1 N–H and O–H groups in total. The Kier molecular flexibility index (Phi) is 6.28. The van der Waals surface area contributed by atoms with Crippen LogP contribution in [-0.2, 0) is 9.59 Å². The second kappa shape index (κ2) is 8.63. The maximum atomic E-state index is 12.3. The van der Waals surface area contributed by atoms with Crippen molar-refractivity contribution in [2.24, 2.45) is 0 Å². The average molecular weight is 353 g/mol. The molecule has 0 atom stereocenters. The molecule has 2 heterocycles. The number of anilines is 1. The third kappa shape index (κ3) is 4.91. The van der Waals surface area contributed by atoms with Crippen LogP contribution in [0, 0.1) is 13.8 Å². The highest BCUT2D eigenvalue weighted by Gasteiger charge is 2.12. The molecule has 126 valence electrons. The molecule has 0 saturated heterocycles. The van der Waals surface area contributed by atoms with Crippen LogP contribution >= 0.6 is 11.3 Å². The highest BCUT2D eigenvalue weighted by atomic mass is 32.1. The molecule has 0 unspecified atom stereocenters. The van der Waals surface area contributed by atoms with Crippen LogP contribution in [0.4, 0.5) is 5.13 Å². The highest BCUT2D eigenvalue weighted by Crippen LogP contribution is 2.29. The number of amides is 1. The Morgan fingerprint density at radius 1 is 1.16 bits per heavy atom. The van der Waals surface area contributed by atoms with Gasteiger partial charge in [0.2, 0.25) is 0 Å². The molecular formula is C18H15N3O3S. The second-order valence-electron chi connectivity index (χ2n) is 5.13. The van der Waals surface area contributed by atoms with Crippen molar-refractivity contribution in [3.05, 3.63) is 65.6 Å². The van der Waals surface area contributed by atoms with Crippen LogP contribution in [0.15, 0.2) is 48.9 Å². The fraction of sp³-hybridized carbons (Fsp3) is 0.111. The third-order valence-electron chi connectivity index (χ3n) is 3.29. The summed E-state index contributed by atoms with van der Waals surface area (Å²) in [5, 5.41) is 3.44. The Bertz CT molecular complexity index is 915. The van der Waals surface area contributed by atoms with Crippen LogP contribution < -0.4 is 5.32 Å². The molecule has 6 nitrogen and oxygen atoms in total. The number of hydrogen-bond acceptors (Lipinski definition) is 6. The second-order valence-corrected chi connectivity index (χ2v) is 6.16. The van der Waals surface area contributed by atoms with Crippen LogP contribution in [0.2, 0.25) is 0 Å². The first-order valence-corrected chi connectivity index (χ1v) is 8.11. The van der Waals surface area contributed by atoms with Crippen molar-refractivity contribution < 1.29 is 14.4 Å². The molecule has 0 bridgehead atoms. The fourth-order valence-electron chi connectivity index (χ4n) is 2.16. The number of carbonyl (C=O) groups excluding carboxylic acids is 3. The molecule has 2 aromatic heterocycles. The maximum Gasteiger partial charge on any atom is 0.373 e. The molecule has 0 spiro atoms. The largest absolute Gasteiger partial charge is 0.373 e. The Morgan fingerprint density at radius 3 is 2.60 bits per heavy atom. The fourth-order valence-corrected chi connectivity index (χ4v) is 2.96. The Morgan fingerprint density at radius 2 is 1.92 bits per heavy atom. The molecule has 0 aliphatic rings. The van der Waals surface area contributed by atoms with E-state index in [9.17, 15) is 4.79 Å². The van der Waals surface area contributed by atoms with Gasteiger partial charge in [-0.2, -0.15) is 9.59 Å². The molecule has 0 aliphatic carbocycles. The number of carbonyl (C=O) groups is 1. The lowest BCUT2D eigenvalue weighted by molar-refractivity contribution is -0.191. The van der Waals surface area contributed by atoms with Crippen molar-refractivity contribution in [2.75, 3.05) is 5.32 Å². The topological polar surface area (TPSA) is 89.0 Å². The van der Waals surface area contributed by atoms with Crippen LogP contribution in [0.5, 0.6) is 0 Å². The van der Waals surface area contributed by atoms with E-state index in [4.69, 9.17) is 9.59 Å². The Balaban J connectivity index is 0.000000701. The molecule has 1 amide bonds. The van der Waals surface area contributed by atoms with Gasteiger partial charge in [-0.15, -0.1) is 0 Å². The predicted molar refractivity (Wildman–Crippen MR) is 94.2 cm³/mol. The summed E-state index contributed by atoms with van der Waals surface area (Å²) in [6.45, 7) is 3.92. The van der Waals surface area contributed by atoms with Crippen LogP contribution in [0.1, 0.15) is 21.5 Å². The molecule has 1 aromatic carbocycles. The zero-order valence-electron chi connectivity index (χ0n) is 13.6. The van der Waals surface area contributed by atoms with E-state index in [1.54, 1.807) is 24.7 Å². The van der Waals surface area contributed by atoms with Gasteiger partial charge < -0.3 is 0 Å². The summed E-state index contributed by atoms with van der Waals surface area (Å²) in [7, 11) is 0. The van der Waals surface area contributed by atoms with E-state index < -0.39 is 0 Å². The Labute approximate surface area is 148 Å². The number of thiazole rings is 1. The van der Waals surface area contributed by atoms with Crippen molar-refractivity contribution in [1.82, 2.24) is 9.97 Å². The van der Waals surface area contributed by atoms with Gasteiger partial charge in [0.1, 0.15) is 0 Å². The first kappa shape index (κ1) is 18.2. The van der Waals surface area contributed by atoms with E-state index in [-0.39, 0.29) is 12.1 Å². The van der Waals surface area contributed by atoms with Gasteiger partial charge in [0.05, 0.1) is 4.88 Å². The standard InChI is InChI=1S/C17H15N3OS.CO2/c1-11-4-3-5-13(8-11)15-10-19-17(22-15)20-16(21)14-6-7-18-9-12(14)2;2-1-3/h3-10H,1-2H3,(H,19,20,21);. The smallest absolute Gasteiger partial charge is 0.298 e.